The second-order valence-corrected chi connectivity index (χ2v) is 4.33. The third-order valence-corrected chi connectivity index (χ3v) is 2.90. The van der Waals surface area contributed by atoms with E-state index < -0.39 is 0 Å². The van der Waals surface area contributed by atoms with Gasteiger partial charge in [-0.15, -0.1) is 11.8 Å². The molecule has 0 atom stereocenters. The summed E-state index contributed by atoms with van der Waals surface area (Å²) in [5, 5.41) is 1.03. The van der Waals surface area contributed by atoms with Gasteiger partial charge in [-0.3, -0.25) is 0 Å². The molecule has 0 bridgehead atoms. The molecule has 0 radical (unpaired) electrons. The van der Waals surface area contributed by atoms with Crippen molar-refractivity contribution < 1.29 is 0 Å². The third-order valence-electron chi connectivity index (χ3n) is 1.70. The van der Waals surface area contributed by atoms with E-state index in [2.05, 4.69) is 58.6 Å². The fraction of sp³-hybridized carbons (Fsp3) is 0.273. The van der Waals surface area contributed by atoms with Crippen molar-refractivity contribution in [2.24, 2.45) is 0 Å². The van der Waals surface area contributed by atoms with Crippen LogP contribution in [0.4, 0.5) is 0 Å². The maximum absolute atomic E-state index is 3.39. The molecular formula is C11H13BrS. The number of thioether (sulfide) groups is 1. The standard InChI is InChI=1S/C11H13BrS/c1-13-11-7-5-10(6-8-11)4-2-3-9-12/h2,4-8H,3,9H2,1H3/b4-2+. The van der Waals surface area contributed by atoms with E-state index in [9.17, 15) is 0 Å². The van der Waals surface area contributed by atoms with E-state index >= 15 is 0 Å². The molecule has 0 heterocycles. The molecule has 2 heteroatoms. The van der Waals surface area contributed by atoms with Gasteiger partial charge in [0.05, 0.1) is 0 Å². The molecule has 0 N–H and O–H groups in total. The first-order valence-electron chi connectivity index (χ1n) is 4.23. The molecule has 1 aromatic carbocycles. The molecule has 13 heavy (non-hydrogen) atoms. The van der Waals surface area contributed by atoms with E-state index in [0.717, 1.165) is 11.8 Å². The molecular weight excluding hydrogens is 244 g/mol. The monoisotopic (exact) mass is 256 g/mol. The minimum absolute atomic E-state index is 1.03. The number of hydrogen-bond donors (Lipinski definition) is 0. The maximum atomic E-state index is 3.39. The lowest BCUT2D eigenvalue weighted by molar-refractivity contribution is 1.27. The Kier molecular flexibility index (Phi) is 5.25. The van der Waals surface area contributed by atoms with Crippen LogP contribution in [0.15, 0.2) is 35.2 Å². The van der Waals surface area contributed by atoms with Crippen molar-refractivity contribution in [1.82, 2.24) is 0 Å². The van der Waals surface area contributed by atoms with E-state index in [0.29, 0.717) is 0 Å². The summed E-state index contributed by atoms with van der Waals surface area (Å²) in [6.07, 6.45) is 7.52. The Morgan fingerprint density at radius 1 is 1.31 bits per heavy atom. The van der Waals surface area contributed by atoms with Crippen molar-refractivity contribution in [2.45, 2.75) is 11.3 Å². The van der Waals surface area contributed by atoms with E-state index in [1.807, 2.05) is 0 Å². The minimum atomic E-state index is 1.03. The lowest BCUT2D eigenvalue weighted by Gasteiger charge is -1.96. The average molecular weight is 257 g/mol. The highest BCUT2D eigenvalue weighted by Crippen LogP contribution is 2.15. The molecule has 0 aliphatic rings. The predicted molar refractivity (Wildman–Crippen MR) is 65.7 cm³/mol. The molecule has 70 valence electrons. The highest BCUT2D eigenvalue weighted by Gasteiger charge is 1.88. The summed E-state index contributed by atoms with van der Waals surface area (Å²) in [4.78, 5) is 1.32. The molecule has 0 saturated carbocycles. The molecule has 0 aliphatic carbocycles. The lowest BCUT2D eigenvalue weighted by Crippen LogP contribution is -1.73. The van der Waals surface area contributed by atoms with Gasteiger partial charge in [-0.1, -0.05) is 40.2 Å². The summed E-state index contributed by atoms with van der Waals surface area (Å²) in [5.74, 6) is 0. The van der Waals surface area contributed by atoms with Crippen LogP contribution in [0.25, 0.3) is 6.08 Å². The fourth-order valence-corrected chi connectivity index (χ4v) is 1.67. The Hall–Kier alpha value is -0.210. The molecule has 0 amide bonds. The quantitative estimate of drug-likeness (QED) is 0.575. The van der Waals surface area contributed by atoms with Crippen molar-refractivity contribution in [2.75, 3.05) is 11.6 Å². The largest absolute Gasteiger partial charge is 0.130 e. The average Bonchev–Trinajstić information content (AvgIpc) is 2.19. The molecule has 1 aromatic rings. The van der Waals surface area contributed by atoms with Crippen LogP contribution >= 0.6 is 27.7 Å². The highest BCUT2D eigenvalue weighted by atomic mass is 79.9. The minimum Gasteiger partial charge on any atom is -0.130 e. The molecule has 0 fully saturated rings. The first-order chi connectivity index (χ1) is 6.36. The van der Waals surface area contributed by atoms with Crippen LogP contribution in [-0.2, 0) is 0 Å². The second-order valence-electron chi connectivity index (χ2n) is 2.65. The maximum Gasteiger partial charge on any atom is 0.00695 e. The fourth-order valence-electron chi connectivity index (χ4n) is 0.997. The number of allylic oxidation sites excluding steroid dienone is 1. The Labute approximate surface area is 92.6 Å². The zero-order valence-electron chi connectivity index (χ0n) is 7.66. The summed E-state index contributed by atoms with van der Waals surface area (Å²) < 4.78 is 0. The Morgan fingerprint density at radius 2 is 2.00 bits per heavy atom. The van der Waals surface area contributed by atoms with Crippen molar-refractivity contribution in [1.29, 1.82) is 0 Å². The summed E-state index contributed by atoms with van der Waals surface area (Å²) in [6, 6.07) is 8.60. The summed E-state index contributed by atoms with van der Waals surface area (Å²) >= 11 is 5.17. The van der Waals surface area contributed by atoms with Gasteiger partial charge in [0.25, 0.3) is 0 Å². The smallest absolute Gasteiger partial charge is 0.00695 e. The molecule has 0 spiro atoms. The van der Waals surface area contributed by atoms with E-state index in [4.69, 9.17) is 0 Å². The molecule has 0 nitrogen and oxygen atoms in total. The first-order valence-corrected chi connectivity index (χ1v) is 6.58. The topological polar surface area (TPSA) is 0 Å². The SMILES string of the molecule is CSc1ccc(/C=C/CCBr)cc1. The zero-order valence-corrected chi connectivity index (χ0v) is 10.1. The van der Waals surface area contributed by atoms with Gasteiger partial charge in [0.1, 0.15) is 0 Å². The molecule has 1 rings (SSSR count). The van der Waals surface area contributed by atoms with E-state index in [1.54, 1.807) is 11.8 Å². The molecule has 0 unspecified atom stereocenters. The molecule has 0 aliphatic heterocycles. The molecule has 0 aromatic heterocycles. The summed E-state index contributed by atoms with van der Waals surface area (Å²) in [5.41, 5.74) is 1.28. The second kappa shape index (κ2) is 6.28. The predicted octanol–water partition coefficient (Wildman–Crippen LogP) is 4.21. The van der Waals surface area contributed by atoms with Gasteiger partial charge in [0, 0.05) is 10.2 Å². The normalized spacial score (nSPS) is 10.9. The van der Waals surface area contributed by atoms with E-state index in [-0.39, 0.29) is 0 Å². The van der Waals surface area contributed by atoms with Crippen molar-refractivity contribution in [3.05, 3.63) is 35.9 Å². The van der Waals surface area contributed by atoms with Gasteiger partial charge in [-0.2, -0.15) is 0 Å². The van der Waals surface area contributed by atoms with Crippen LogP contribution in [0.2, 0.25) is 0 Å². The van der Waals surface area contributed by atoms with Crippen molar-refractivity contribution in [3.8, 4) is 0 Å². The van der Waals surface area contributed by atoms with Crippen LogP contribution in [0.5, 0.6) is 0 Å². The third kappa shape index (κ3) is 4.01. The lowest BCUT2D eigenvalue weighted by atomic mass is 10.2. The van der Waals surface area contributed by atoms with Crippen molar-refractivity contribution >= 4 is 33.8 Å². The van der Waals surface area contributed by atoms with Gasteiger partial charge in [-0.05, 0) is 30.4 Å². The number of halogens is 1. The van der Waals surface area contributed by atoms with Crippen LogP contribution in [0.1, 0.15) is 12.0 Å². The number of hydrogen-bond acceptors (Lipinski definition) is 1. The van der Waals surface area contributed by atoms with Crippen LogP contribution in [-0.4, -0.2) is 11.6 Å². The summed E-state index contributed by atoms with van der Waals surface area (Å²) in [7, 11) is 0. The van der Waals surface area contributed by atoms with Gasteiger partial charge in [0.2, 0.25) is 0 Å². The van der Waals surface area contributed by atoms with Crippen LogP contribution < -0.4 is 0 Å². The molecule has 0 saturated heterocycles. The number of benzene rings is 1. The van der Waals surface area contributed by atoms with Gasteiger partial charge in [0.15, 0.2) is 0 Å². The van der Waals surface area contributed by atoms with Crippen molar-refractivity contribution in [3.63, 3.8) is 0 Å². The summed E-state index contributed by atoms with van der Waals surface area (Å²) in [6.45, 7) is 0. The van der Waals surface area contributed by atoms with Gasteiger partial charge < -0.3 is 0 Å². The van der Waals surface area contributed by atoms with Crippen LogP contribution in [0.3, 0.4) is 0 Å². The van der Waals surface area contributed by atoms with Gasteiger partial charge in [-0.25, -0.2) is 0 Å². The Bertz CT molecular complexity index is 264. The van der Waals surface area contributed by atoms with E-state index in [1.165, 1.54) is 10.5 Å². The van der Waals surface area contributed by atoms with Crippen LogP contribution in [0, 0.1) is 0 Å². The first kappa shape index (κ1) is 10.9. The zero-order chi connectivity index (χ0) is 9.52. The Morgan fingerprint density at radius 3 is 2.54 bits per heavy atom. The highest BCUT2D eigenvalue weighted by molar-refractivity contribution is 9.09. The van der Waals surface area contributed by atoms with Gasteiger partial charge >= 0.3 is 0 Å². The number of rotatable bonds is 4. The number of alkyl halides is 1. The Balaban J connectivity index is 2.58.